The number of rotatable bonds is 54. The van der Waals surface area contributed by atoms with Crippen molar-refractivity contribution in [2.45, 2.75) is 314 Å². The third-order valence-electron chi connectivity index (χ3n) is 14.7. The number of hydrogen-bond acceptors (Lipinski definition) is 8. The Hall–Kier alpha value is -2.89. The molecule has 0 spiro atoms. The molecule has 0 bridgehead atoms. The summed E-state index contributed by atoms with van der Waals surface area (Å²) in [4.78, 5) is 13.1. The second kappa shape index (κ2) is 56.4. The van der Waals surface area contributed by atoms with Gasteiger partial charge in [-0.15, -0.1) is 0 Å². The lowest BCUT2D eigenvalue weighted by Gasteiger charge is -2.40. The predicted molar refractivity (Wildman–Crippen MR) is 327 cm³/mol. The van der Waals surface area contributed by atoms with Crippen molar-refractivity contribution in [2.75, 3.05) is 13.2 Å². The average molecular weight is 1080 g/mol. The van der Waals surface area contributed by atoms with E-state index in [1.165, 1.54) is 128 Å². The van der Waals surface area contributed by atoms with Crippen LogP contribution in [0.4, 0.5) is 0 Å². The van der Waals surface area contributed by atoms with Crippen molar-refractivity contribution >= 4 is 5.91 Å². The fourth-order valence-corrected chi connectivity index (χ4v) is 9.71. The molecule has 7 atom stereocenters. The molecule has 1 aliphatic heterocycles. The fraction of sp³-hybridized carbons (Fsp3) is 0.750. The van der Waals surface area contributed by atoms with Gasteiger partial charge in [0.1, 0.15) is 24.4 Å². The summed E-state index contributed by atoms with van der Waals surface area (Å²) in [5.41, 5.74) is 0. The summed E-state index contributed by atoms with van der Waals surface area (Å²) >= 11 is 0. The number of carbonyl (C=O) groups excluding carboxylic acids is 1. The van der Waals surface area contributed by atoms with E-state index in [0.717, 1.165) is 116 Å². The van der Waals surface area contributed by atoms with Crippen LogP contribution in [0.5, 0.6) is 0 Å². The molecule has 9 heteroatoms. The molecule has 0 aromatic carbocycles. The molecule has 0 saturated carbocycles. The van der Waals surface area contributed by atoms with Crippen molar-refractivity contribution in [3.63, 3.8) is 0 Å². The number of hydrogen-bond donors (Lipinski definition) is 6. The highest BCUT2D eigenvalue weighted by molar-refractivity contribution is 5.76. The van der Waals surface area contributed by atoms with E-state index in [0.29, 0.717) is 12.8 Å². The van der Waals surface area contributed by atoms with Crippen LogP contribution in [0.2, 0.25) is 0 Å². The van der Waals surface area contributed by atoms with Gasteiger partial charge in [-0.3, -0.25) is 4.79 Å². The number of aliphatic hydroxyl groups excluding tert-OH is 5. The number of nitrogens with one attached hydrogen (secondary N) is 1. The lowest BCUT2D eigenvalue weighted by atomic mass is 9.99. The minimum Gasteiger partial charge on any atom is -0.394 e. The summed E-state index contributed by atoms with van der Waals surface area (Å²) in [5, 5.41) is 54.8. The van der Waals surface area contributed by atoms with Crippen molar-refractivity contribution < 1.29 is 39.8 Å². The smallest absolute Gasteiger partial charge is 0.220 e. The molecule has 444 valence electrons. The molecule has 1 rings (SSSR count). The Bertz CT molecular complexity index is 1530. The van der Waals surface area contributed by atoms with Crippen LogP contribution in [0, 0.1) is 0 Å². The highest BCUT2D eigenvalue weighted by Crippen LogP contribution is 2.23. The van der Waals surface area contributed by atoms with E-state index in [9.17, 15) is 30.3 Å². The molecular formula is C68H119NO8. The molecule has 0 aromatic heterocycles. The van der Waals surface area contributed by atoms with Gasteiger partial charge in [-0.1, -0.05) is 284 Å². The molecule has 1 aliphatic rings. The van der Waals surface area contributed by atoms with Gasteiger partial charge in [0, 0.05) is 6.42 Å². The van der Waals surface area contributed by atoms with E-state index in [1.807, 2.05) is 0 Å². The van der Waals surface area contributed by atoms with Gasteiger partial charge < -0.3 is 40.3 Å². The highest BCUT2D eigenvalue weighted by Gasteiger charge is 2.44. The Kier molecular flexibility index (Phi) is 52.8. The molecule has 0 aromatic rings. The number of carbonyl (C=O) groups is 1. The van der Waals surface area contributed by atoms with Gasteiger partial charge in [0.15, 0.2) is 6.29 Å². The Balaban J connectivity index is 2.20. The Morgan fingerprint density at radius 3 is 1.19 bits per heavy atom. The molecule has 1 saturated heterocycles. The summed E-state index contributed by atoms with van der Waals surface area (Å²) in [6.45, 7) is 3.74. The van der Waals surface area contributed by atoms with Crippen molar-refractivity contribution in [2.24, 2.45) is 0 Å². The predicted octanol–water partition coefficient (Wildman–Crippen LogP) is 16.7. The third kappa shape index (κ3) is 45.5. The molecule has 77 heavy (non-hydrogen) atoms. The maximum Gasteiger partial charge on any atom is 0.220 e. The maximum absolute atomic E-state index is 13.1. The summed E-state index contributed by atoms with van der Waals surface area (Å²) in [6, 6.07) is -0.735. The SMILES string of the molecule is CC/C=C\C/C=C\C/C=C\C/C=C\C/C=C\C/C=C\C/C=C\C/C=C\CCCCCCCCC(=O)NC(COC1OC(CO)C(O)C(O)C1O)C(O)CCCCCCCCCCCCCCCCCCCCCCCCC. The number of amides is 1. The summed E-state index contributed by atoms with van der Waals surface area (Å²) < 4.78 is 11.3. The van der Waals surface area contributed by atoms with Gasteiger partial charge >= 0.3 is 0 Å². The van der Waals surface area contributed by atoms with Crippen molar-refractivity contribution in [3.8, 4) is 0 Å². The molecule has 0 radical (unpaired) electrons. The highest BCUT2D eigenvalue weighted by atomic mass is 16.7. The number of aliphatic hydroxyl groups is 5. The first-order chi connectivity index (χ1) is 37.8. The monoisotopic (exact) mass is 1080 g/mol. The second-order valence-corrected chi connectivity index (χ2v) is 21.8. The topological polar surface area (TPSA) is 149 Å². The largest absolute Gasteiger partial charge is 0.394 e. The summed E-state index contributed by atoms with van der Waals surface area (Å²) in [6.07, 6.45) is 74.4. The van der Waals surface area contributed by atoms with Crippen LogP contribution in [0.1, 0.15) is 271 Å². The molecule has 1 heterocycles. The molecule has 9 nitrogen and oxygen atoms in total. The van der Waals surface area contributed by atoms with Crippen LogP contribution in [-0.4, -0.2) is 87.5 Å². The minimum absolute atomic E-state index is 0.149. The molecule has 6 N–H and O–H groups in total. The summed E-state index contributed by atoms with van der Waals surface area (Å²) in [5.74, 6) is -0.160. The first-order valence-corrected chi connectivity index (χ1v) is 31.9. The standard InChI is InChI=1S/C68H119NO8/c1-3-5-7-9-11-13-15-17-19-21-23-25-27-28-29-30-31-32-33-34-36-38-40-42-44-46-48-50-52-54-56-58-64(72)69-61(60-76-68-67(75)66(74)65(73)63(59-70)77-68)62(71)57-55-53-51-49-47-45-43-41-39-37-35-26-24-22-20-18-16-14-12-10-8-6-4-2/h5,7,11,13,17,19,23,25,28-29,31-32,34,36,40,42,61-63,65-68,70-71,73-75H,3-4,6,8-10,12,14-16,18,20-22,24,26-27,30,33,35,37-39,41,43-60H2,1-2H3,(H,69,72)/b7-5-,13-11-,19-17-,25-23-,29-28-,32-31-,36-34-,42-40-. The van der Waals surface area contributed by atoms with Crippen LogP contribution in [-0.2, 0) is 14.3 Å². The van der Waals surface area contributed by atoms with Gasteiger partial charge in [0.25, 0.3) is 0 Å². The Labute approximate surface area is 473 Å². The zero-order valence-corrected chi connectivity index (χ0v) is 49.4. The van der Waals surface area contributed by atoms with Crippen LogP contribution in [0.3, 0.4) is 0 Å². The van der Waals surface area contributed by atoms with Gasteiger partial charge in [-0.2, -0.15) is 0 Å². The molecule has 0 aliphatic carbocycles. The van der Waals surface area contributed by atoms with E-state index in [1.54, 1.807) is 0 Å². The van der Waals surface area contributed by atoms with Crippen molar-refractivity contribution in [1.82, 2.24) is 5.32 Å². The lowest BCUT2D eigenvalue weighted by molar-refractivity contribution is -0.302. The molecular weight excluding hydrogens is 959 g/mol. The molecule has 1 amide bonds. The molecule has 7 unspecified atom stereocenters. The quantitative estimate of drug-likeness (QED) is 0.0261. The zero-order valence-electron chi connectivity index (χ0n) is 49.4. The maximum atomic E-state index is 13.1. The van der Waals surface area contributed by atoms with E-state index >= 15 is 0 Å². The normalized spacial score (nSPS) is 19.4. The van der Waals surface area contributed by atoms with E-state index in [2.05, 4.69) is 116 Å². The third-order valence-corrected chi connectivity index (χ3v) is 14.7. The van der Waals surface area contributed by atoms with E-state index in [4.69, 9.17) is 9.47 Å². The minimum atomic E-state index is -1.56. The Morgan fingerprint density at radius 1 is 0.455 bits per heavy atom. The lowest BCUT2D eigenvalue weighted by Crippen LogP contribution is -2.60. The van der Waals surface area contributed by atoms with E-state index < -0.39 is 49.5 Å². The fourth-order valence-electron chi connectivity index (χ4n) is 9.71. The van der Waals surface area contributed by atoms with Gasteiger partial charge in [-0.25, -0.2) is 0 Å². The number of allylic oxidation sites excluding steroid dienone is 16. The van der Waals surface area contributed by atoms with Crippen molar-refractivity contribution in [1.29, 1.82) is 0 Å². The first-order valence-electron chi connectivity index (χ1n) is 31.9. The van der Waals surface area contributed by atoms with Crippen LogP contribution in [0.25, 0.3) is 0 Å². The number of ether oxygens (including phenoxy) is 2. The Morgan fingerprint density at radius 2 is 0.805 bits per heavy atom. The first kappa shape index (κ1) is 72.1. The average Bonchev–Trinajstić information content (AvgIpc) is 3.43. The van der Waals surface area contributed by atoms with Gasteiger partial charge in [0.2, 0.25) is 5.91 Å². The number of unbranched alkanes of at least 4 members (excludes halogenated alkanes) is 28. The van der Waals surface area contributed by atoms with Crippen LogP contribution < -0.4 is 5.32 Å². The van der Waals surface area contributed by atoms with Crippen LogP contribution >= 0.6 is 0 Å². The second-order valence-electron chi connectivity index (χ2n) is 21.8. The van der Waals surface area contributed by atoms with Gasteiger partial charge in [0.05, 0.1) is 25.4 Å². The van der Waals surface area contributed by atoms with Gasteiger partial charge in [-0.05, 0) is 77.0 Å². The van der Waals surface area contributed by atoms with Crippen LogP contribution in [0.15, 0.2) is 97.2 Å². The summed E-state index contributed by atoms with van der Waals surface area (Å²) in [7, 11) is 0. The zero-order chi connectivity index (χ0) is 55.8. The van der Waals surface area contributed by atoms with Crippen molar-refractivity contribution in [3.05, 3.63) is 97.2 Å². The van der Waals surface area contributed by atoms with E-state index in [-0.39, 0.29) is 12.5 Å². The molecule has 1 fully saturated rings.